The number of nitrogens with zero attached hydrogens (tertiary/aromatic N) is 3. The Morgan fingerprint density at radius 2 is 1.66 bits per heavy atom. The minimum absolute atomic E-state index is 0.0542. The zero-order valence-electron chi connectivity index (χ0n) is 17.9. The van der Waals surface area contributed by atoms with Gasteiger partial charge in [-0.3, -0.25) is 9.59 Å². The Hall–Kier alpha value is -2.77. The maximum absolute atomic E-state index is 12.7. The van der Waals surface area contributed by atoms with Gasteiger partial charge in [-0.25, -0.2) is 4.98 Å². The molecule has 1 N–H and O–H groups in total. The van der Waals surface area contributed by atoms with Crippen LogP contribution in [0.3, 0.4) is 0 Å². The minimum atomic E-state index is -0.0888. The average molecular weight is 469 g/mol. The van der Waals surface area contributed by atoms with Gasteiger partial charge in [0.25, 0.3) is 5.91 Å². The molecule has 6 nitrogen and oxygen atoms in total. The van der Waals surface area contributed by atoms with Crippen LogP contribution in [0.2, 0.25) is 5.02 Å². The van der Waals surface area contributed by atoms with Gasteiger partial charge in [-0.15, -0.1) is 0 Å². The number of aromatic nitrogens is 2. The van der Waals surface area contributed by atoms with E-state index in [1.54, 1.807) is 29.2 Å². The molecule has 0 radical (unpaired) electrons. The van der Waals surface area contributed by atoms with E-state index in [4.69, 9.17) is 11.6 Å². The van der Waals surface area contributed by atoms with Crippen molar-refractivity contribution >= 4 is 35.2 Å². The highest BCUT2D eigenvalue weighted by Gasteiger charge is 2.26. The molecular formula is C24H25ClN4O2S. The van der Waals surface area contributed by atoms with E-state index in [0.717, 1.165) is 23.0 Å². The van der Waals surface area contributed by atoms with Crippen molar-refractivity contribution in [2.45, 2.75) is 18.5 Å². The number of hydrogen-bond acceptors (Lipinski definition) is 4. The van der Waals surface area contributed by atoms with Crippen molar-refractivity contribution in [2.75, 3.05) is 31.9 Å². The molecule has 0 saturated carbocycles. The largest absolute Gasteiger partial charge is 0.338 e. The average Bonchev–Trinajstić information content (AvgIpc) is 3.17. The molecule has 2 amide bonds. The van der Waals surface area contributed by atoms with E-state index in [2.05, 4.69) is 22.1 Å². The number of benzene rings is 2. The summed E-state index contributed by atoms with van der Waals surface area (Å²) in [5, 5.41) is 1.21. The molecule has 1 aliphatic heterocycles. The van der Waals surface area contributed by atoms with Crippen LogP contribution in [0.4, 0.5) is 0 Å². The number of aromatic amines is 1. The first-order valence-corrected chi connectivity index (χ1v) is 11.9. The monoisotopic (exact) mass is 468 g/mol. The van der Waals surface area contributed by atoms with Crippen molar-refractivity contribution in [1.29, 1.82) is 0 Å². The van der Waals surface area contributed by atoms with E-state index in [-0.39, 0.29) is 11.8 Å². The summed E-state index contributed by atoms with van der Waals surface area (Å²) in [7, 11) is 0. The summed E-state index contributed by atoms with van der Waals surface area (Å²) in [6.45, 7) is 4.05. The second-order valence-electron chi connectivity index (χ2n) is 7.72. The Labute approximate surface area is 197 Å². The normalized spacial score (nSPS) is 13.9. The minimum Gasteiger partial charge on any atom is -0.338 e. The zero-order chi connectivity index (χ0) is 22.5. The predicted molar refractivity (Wildman–Crippen MR) is 127 cm³/mol. The Kier molecular flexibility index (Phi) is 7.17. The highest BCUT2D eigenvalue weighted by molar-refractivity contribution is 7.99. The summed E-state index contributed by atoms with van der Waals surface area (Å²) in [4.78, 5) is 36.9. The quantitative estimate of drug-likeness (QED) is 0.554. The summed E-state index contributed by atoms with van der Waals surface area (Å²) in [5.74, 6) is 0.281. The van der Waals surface area contributed by atoms with Crippen LogP contribution in [0.15, 0.2) is 59.8 Å². The number of rotatable bonds is 6. The maximum Gasteiger partial charge on any atom is 0.255 e. The second-order valence-corrected chi connectivity index (χ2v) is 9.09. The molecular weight excluding hydrogens is 444 g/mol. The van der Waals surface area contributed by atoms with E-state index < -0.39 is 0 Å². The lowest BCUT2D eigenvalue weighted by atomic mass is 10.1. The van der Waals surface area contributed by atoms with E-state index in [1.807, 2.05) is 30.0 Å². The summed E-state index contributed by atoms with van der Waals surface area (Å²) >= 11 is 7.57. The summed E-state index contributed by atoms with van der Waals surface area (Å²) in [6, 6.07) is 17.3. The predicted octanol–water partition coefficient (Wildman–Crippen LogP) is 4.04. The van der Waals surface area contributed by atoms with Crippen molar-refractivity contribution in [3.8, 4) is 0 Å². The zero-order valence-corrected chi connectivity index (χ0v) is 19.5. The van der Waals surface area contributed by atoms with Gasteiger partial charge in [0, 0.05) is 38.3 Å². The molecule has 3 aromatic rings. The molecule has 2 heterocycles. The number of carbonyl (C=O) groups excluding carboxylic acids is 2. The molecule has 2 aromatic carbocycles. The highest BCUT2D eigenvalue weighted by atomic mass is 35.5. The fraction of sp³-hybridized carbons (Fsp3) is 0.292. The van der Waals surface area contributed by atoms with Crippen LogP contribution in [0.1, 0.15) is 27.3 Å². The number of H-pyrrole nitrogens is 1. The summed E-state index contributed by atoms with van der Waals surface area (Å²) in [5.41, 5.74) is 3.73. The third-order valence-corrected chi connectivity index (χ3v) is 6.72. The Morgan fingerprint density at radius 3 is 2.38 bits per heavy atom. The van der Waals surface area contributed by atoms with Crippen LogP contribution in [0, 0.1) is 6.92 Å². The molecule has 1 aliphatic rings. The lowest BCUT2D eigenvalue weighted by molar-refractivity contribution is -0.129. The van der Waals surface area contributed by atoms with Gasteiger partial charge in [0.05, 0.1) is 22.0 Å². The number of hydrogen-bond donors (Lipinski definition) is 1. The van der Waals surface area contributed by atoms with Crippen molar-refractivity contribution in [3.05, 3.63) is 82.1 Å². The van der Waals surface area contributed by atoms with Gasteiger partial charge >= 0.3 is 0 Å². The van der Waals surface area contributed by atoms with Crippen LogP contribution in [0.25, 0.3) is 0 Å². The molecule has 1 fully saturated rings. The number of halogens is 1. The van der Waals surface area contributed by atoms with Gasteiger partial charge in [-0.1, -0.05) is 65.8 Å². The lowest BCUT2D eigenvalue weighted by Gasteiger charge is -2.34. The third kappa shape index (κ3) is 5.34. The SMILES string of the molecule is Cc1[nH]c(SCC(=O)N2CCN(C(=O)c3ccccc3Cl)CC2)nc1Cc1ccccc1. The molecule has 4 rings (SSSR count). The lowest BCUT2D eigenvalue weighted by Crippen LogP contribution is -2.51. The molecule has 0 aliphatic carbocycles. The number of piperazine rings is 1. The molecule has 166 valence electrons. The smallest absolute Gasteiger partial charge is 0.255 e. The Morgan fingerprint density at radius 1 is 1.00 bits per heavy atom. The first kappa shape index (κ1) is 22.4. The fourth-order valence-electron chi connectivity index (χ4n) is 3.68. The van der Waals surface area contributed by atoms with Gasteiger partial charge in [-0.2, -0.15) is 0 Å². The maximum atomic E-state index is 12.7. The highest BCUT2D eigenvalue weighted by Crippen LogP contribution is 2.21. The molecule has 1 aromatic heterocycles. The number of imidazole rings is 1. The van der Waals surface area contributed by atoms with E-state index >= 15 is 0 Å². The van der Waals surface area contributed by atoms with Crippen LogP contribution in [-0.2, 0) is 11.2 Å². The van der Waals surface area contributed by atoms with E-state index in [0.29, 0.717) is 42.5 Å². The number of amides is 2. The van der Waals surface area contributed by atoms with Gasteiger partial charge in [-0.05, 0) is 24.6 Å². The Balaban J connectivity index is 1.27. The van der Waals surface area contributed by atoms with Gasteiger partial charge in [0.1, 0.15) is 0 Å². The van der Waals surface area contributed by atoms with Crippen molar-refractivity contribution in [3.63, 3.8) is 0 Å². The standard InChI is InChI=1S/C24H25ClN4O2S/c1-17-21(15-18-7-3-2-4-8-18)27-24(26-17)32-16-22(30)28-11-13-29(14-12-28)23(31)19-9-5-6-10-20(19)25/h2-10H,11-16H2,1H3,(H,26,27). The van der Waals surface area contributed by atoms with Gasteiger partial charge in [0.15, 0.2) is 5.16 Å². The second kappa shape index (κ2) is 10.2. The van der Waals surface area contributed by atoms with Crippen molar-refractivity contribution in [2.24, 2.45) is 0 Å². The molecule has 0 unspecified atom stereocenters. The molecule has 0 spiro atoms. The van der Waals surface area contributed by atoms with Crippen molar-refractivity contribution in [1.82, 2.24) is 19.8 Å². The molecule has 0 bridgehead atoms. The molecule has 0 atom stereocenters. The van der Waals surface area contributed by atoms with Crippen molar-refractivity contribution < 1.29 is 9.59 Å². The molecule has 32 heavy (non-hydrogen) atoms. The van der Waals surface area contributed by atoms with Crippen LogP contribution < -0.4 is 0 Å². The van der Waals surface area contributed by atoms with Gasteiger partial charge < -0.3 is 14.8 Å². The number of aryl methyl sites for hydroxylation is 1. The first-order valence-electron chi connectivity index (χ1n) is 10.5. The molecule has 1 saturated heterocycles. The Bertz CT molecular complexity index is 1090. The summed E-state index contributed by atoms with van der Waals surface area (Å²) in [6.07, 6.45) is 0.763. The number of carbonyl (C=O) groups is 2. The summed E-state index contributed by atoms with van der Waals surface area (Å²) < 4.78 is 0. The van der Waals surface area contributed by atoms with Gasteiger partial charge in [0.2, 0.25) is 5.91 Å². The van der Waals surface area contributed by atoms with Crippen LogP contribution in [-0.4, -0.2) is 63.5 Å². The third-order valence-electron chi connectivity index (χ3n) is 5.53. The van der Waals surface area contributed by atoms with E-state index in [1.165, 1.54) is 17.3 Å². The number of nitrogens with one attached hydrogen (secondary N) is 1. The number of thioether (sulfide) groups is 1. The fourth-order valence-corrected chi connectivity index (χ4v) is 4.74. The topological polar surface area (TPSA) is 69.3 Å². The van der Waals surface area contributed by atoms with E-state index in [9.17, 15) is 9.59 Å². The first-order chi connectivity index (χ1) is 15.5. The molecule has 8 heteroatoms. The van der Waals surface area contributed by atoms with Crippen LogP contribution in [0.5, 0.6) is 0 Å². The van der Waals surface area contributed by atoms with Crippen LogP contribution >= 0.6 is 23.4 Å².